The molecular weight excluding hydrogens is 230 g/mol. The van der Waals surface area contributed by atoms with Crippen molar-refractivity contribution in [2.45, 2.75) is 33.1 Å². The second-order valence-electron chi connectivity index (χ2n) is 4.18. The van der Waals surface area contributed by atoms with E-state index in [1.54, 1.807) is 6.07 Å². The van der Waals surface area contributed by atoms with Crippen LogP contribution in [0.5, 0.6) is 0 Å². The van der Waals surface area contributed by atoms with Crippen molar-refractivity contribution in [1.29, 1.82) is 0 Å². The van der Waals surface area contributed by atoms with Crippen molar-refractivity contribution in [3.8, 4) is 0 Å². The second kappa shape index (κ2) is 7.48. The standard InChI is InChI=1S/C14H19NO3/c1-3-4-8-14(17)18-10-13(16)15-12-7-5-6-11(2)9-12/h5-7,9H,3-4,8,10H2,1-2H3,(H,15,16). The molecule has 0 bridgehead atoms. The monoisotopic (exact) mass is 249 g/mol. The summed E-state index contributed by atoms with van der Waals surface area (Å²) >= 11 is 0. The average Bonchev–Trinajstić information content (AvgIpc) is 2.34. The highest BCUT2D eigenvalue weighted by Gasteiger charge is 2.07. The molecule has 0 heterocycles. The lowest BCUT2D eigenvalue weighted by atomic mass is 10.2. The molecule has 0 spiro atoms. The number of benzene rings is 1. The summed E-state index contributed by atoms with van der Waals surface area (Å²) in [6, 6.07) is 7.46. The fourth-order valence-corrected chi connectivity index (χ4v) is 1.46. The average molecular weight is 249 g/mol. The predicted octanol–water partition coefficient (Wildman–Crippen LogP) is 2.67. The summed E-state index contributed by atoms with van der Waals surface area (Å²) in [4.78, 5) is 22.7. The highest BCUT2D eigenvalue weighted by Crippen LogP contribution is 2.09. The molecule has 0 unspecified atom stereocenters. The number of esters is 1. The second-order valence-corrected chi connectivity index (χ2v) is 4.18. The fourth-order valence-electron chi connectivity index (χ4n) is 1.46. The van der Waals surface area contributed by atoms with Crippen molar-refractivity contribution in [2.75, 3.05) is 11.9 Å². The smallest absolute Gasteiger partial charge is 0.306 e. The van der Waals surface area contributed by atoms with Gasteiger partial charge in [0.25, 0.3) is 5.91 Å². The van der Waals surface area contributed by atoms with Gasteiger partial charge in [0.2, 0.25) is 0 Å². The van der Waals surface area contributed by atoms with Crippen LogP contribution in [0.4, 0.5) is 5.69 Å². The number of hydrogen-bond donors (Lipinski definition) is 1. The number of carbonyl (C=O) groups is 2. The van der Waals surface area contributed by atoms with E-state index in [2.05, 4.69) is 5.32 Å². The van der Waals surface area contributed by atoms with Crippen LogP contribution in [0.1, 0.15) is 31.7 Å². The maximum atomic E-state index is 11.5. The summed E-state index contributed by atoms with van der Waals surface area (Å²) in [5, 5.41) is 2.68. The third kappa shape index (κ3) is 5.48. The van der Waals surface area contributed by atoms with Gasteiger partial charge in [0, 0.05) is 12.1 Å². The fraction of sp³-hybridized carbons (Fsp3) is 0.429. The molecule has 1 N–H and O–H groups in total. The van der Waals surface area contributed by atoms with E-state index in [9.17, 15) is 9.59 Å². The summed E-state index contributed by atoms with van der Waals surface area (Å²) in [6.45, 7) is 3.72. The van der Waals surface area contributed by atoms with Crippen LogP contribution in [-0.2, 0) is 14.3 Å². The molecule has 0 fully saturated rings. The molecule has 1 rings (SSSR count). The van der Waals surface area contributed by atoms with Gasteiger partial charge in [-0.15, -0.1) is 0 Å². The molecule has 0 aromatic heterocycles. The Hall–Kier alpha value is -1.84. The Balaban J connectivity index is 2.31. The van der Waals surface area contributed by atoms with Crippen molar-refractivity contribution >= 4 is 17.6 Å². The molecule has 18 heavy (non-hydrogen) atoms. The first-order chi connectivity index (χ1) is 8.61. The lowest BCUT2D eigenvalue weighted by molar-refractivity contribution is -0.147. The Morgan fingerprint density at radius 1 is 1.33 bits per heavy atom. The summed E-state index contributed by atoms with van der Waals surface area (Å²) in [7, 11) is 0. The first kappa shape index (κ1) is 14.2. The van der Waals surface area contributed by atoms with E-state index < -0.39 is 0 Å². The van der Waals surface area contributed by atoms with Crippen molar-refractivity contribution in [3.63, 3.8) is 0 Å². The quantitative estimate of drug-likeness (QED) is 0.788. The van der Waals surface area contributed by atoms with Crippen LogP contribution < -0.4 is 5.32 Å². The van der Waals surface area contributed by atoms with Crippen LogP contribution in [0.25, 0.3) is 0 Å². The van der Waals surface area contributed by atoms with E-state index in [1.165, 1.54) is 0 Å². The molecule has 1 aromatic carbocycles. The Morgan fingerprint density at radius 3 is 2.78 bits per heavy atom. The van der Waals surface area contributed by atoms with Crippen LogP contribution >= 0.6 is 0 Å². The number of ether oxygens (including phenoxy) is 1. The molecule has 4 heteroatoms. The zero-order valence-corrected chi connectivity index (χ0v) is 10.9. The summed E-state index contributed by atoms with van der Waals surface area (Å²) in [5.41, 5.74) is 1.78. The minimum Gasteiger partial charge on any atom is -0.456 e. The van der Waals surface area contributed by atoms with Gasteiger partial charge in [-0.25, -0.2) is 0 Å². The third-order valence-corrected chi connectivity index (χ3v) is 2.40. The van der Waals surface area contributed by atoms with E-state index >= 15 is 0 Å². The first-order valence-corrected chi connectivity index (χ1v) is 6.14. The number of anilines is 1. The molecule has 0 saturated carbocycles. The van der Waals surface area contributed by atoms with Crippen molar-refractivity contribution in [2.24, 2.45) is 0 Å². The van der Waals surface area contributed by atoms with Crippen LogP contribution in [0.3, 0.4) is 0 Å². The van der Waals surface area contributed by atoms with Gasteiger partial charge in [0.05, 0.1) is 0 Å². The van der Waals surface area contributed by atoms with Crippen molar-refractivity contribution < 1.29 is 14.3 Å². The highest BCUT2D eigenvalue weighted by atomic mass is 16.5. The molecule has 1 aromatic rings. The zero-order chi connectivity index (χ0) is 13.4. The maximum absolute atomic E-state index is 11.5. The van der Waals surface area contributed by atoms with Gasteiger partial charge in [0.1, 0.15) is 0 Å². The lowest BCUT2D eigenvalue weighted by Gasteiger charge is -2.06. The Bertz CT molecular complexity index is 415. The minimum absolute atomic E-state index is 0.226. The molecule has 0 aliphatic heterocycles. The van der Waals surface area contributed by atoms with Crippen LogP contribution in [0, 0.1) is 6.92 Å². The number of aryl methyl sites for hydroxylation is 1. The SMILES string of the molecule is CCCCC(=O)OCC(=O)Nc1cccc(C)c1. The molecule has 98 valence electrons. The Kier molecular flexibility index (Phi) is 5.91. The molecular formula is C14H19NO3. The van der Waals surface area contributed by atoms with Gasteiger partial charge in [-0.1, -0.05) is 25.5 Å². The van der Waals surface area contributed by atoms with E-state index in [-0.39, 0.29) is 18.5 Å². The summed E-state index contributed by atoms with van der Waals surface area (Å²) in [5.74, 6) is -0.637. The molecule has 1 amide bonds. The number of carbonyl (C=O) groups excluding carboxylic acids is 2. The lowest BCUT2D eigenvalue weighted by Crippen LogP contribution is -2.20. The van der Waals surface area contributed by atoms with E-state index in [4.69, 9.17) is 4.74 Å². The molecule has 0 atom stereocenters. The summed E-state index contributed by atoms with van der Waals surface area (Å²) < 4.78 is 4.86. The molecule has 4 nitrogen and oxygen atoms in total. The normalized spacial score (nSPS) is 9.89. The van der Waals surface area contributed by atoms with Crippen molar-refractivity contribution in [3.05, 3.63) is 29.8 Å². The molecule has 0 radical (unpaired) electrons. The van der Waals surface area contributed by atoms with E-state index in [1.807, 2.05) is 32.0 Å². The predicted molar refractivity (Wildman–Crippen MR) is 70.3 cm³/mol. The third-order valence-electron chi connectivity index (χ3n) is 2.40. The zero-order valence-electron chi connectivity index (χ0n) is 10.9. The Morgan fingerprint density at radius 2 is 2.11 bits per heavy atom. The summed E-state index contributed by atoms with van der Waals surface area (Å²) in [6.07, 6.45) is 2.09. The van der Waals surface area contributed by atoms with E-state index in [0.29, 0.717) is 12.1 Å². The maximum Gasteiger partial charge on any atom is 0.306 e. The number of unbranched alkanes of at least 4 members (excludes halogenated alkanes) is 1. The molecule has 0 aliphatic carbocycles. The minimum atomic E-state index is -0.323. The number of hydrogen-bond acceptors (Lipinski definition) is 3. The van der Waals surface area contributed by atoms with Crippen LogP contribution in [0.2, 0.25) is 0 Å². The highest BCUT2D eigenvalue weighted by molar-refractivity contribution is 5.92. The topological polar surface area (TPSA) is 55.4 Å². The van der Waals surface area contributed by atoms with Gasteiger partial charge in [-0.05, 0) is 31.0 Å². The van der Waals surface area contributed by atoms with Gasteiger partial charge in [0.15, 0.2) is 6.61 Å². The largest absolute Gasteiger partial charge is 0.456 e. The van der Waals surface area contributed by atoms with Gasteiger partial charge in [-0.3, -0.25) is 9.59 Å². The van der Waals surface area contributed by atoms with E-state index in [0.717, 1.165) is 18.4 Å². The molecule has 0 aliphatic rings. The van der Waals surface area contributed by atoms with Gasteiger partial charge >= 0.3 is 5.97 Å². The van der Waals surface area contributed by atoms with Gasteiger partial charge < -0.3 is 10.1 Å². The van der Waals surface area contributed by atoms with Crippen LogP contribution in [0.15, 0.2) is 24.3 Å². The number of rotatable bonds is 6. The van der Waals surface area contributed by atoms with Crippen molar-refractivity contribution in [1.82, 2.24) is 0 Å². The Labute approximate surface area is 107 Å². The number of amides is 1. The molecule has 0 saturated heterocycles. The first-order valence-electron chi connectivity index (χ1n) is 6.14. The van der Waals surface area contributed by atoms with Gasteiger partial charge in [-0.2, -0.15) is 0 Å². The van der Waals surface area contributed by atoms with Crippen LogP contribution in [-0.4, -0.2) is 18.5 Å². The number of nitrogens with one attached hydrogen (secondary N) is 1.